The zero-order valence-electron chi connectivity index (χ0n) is 14.1. The lowest BCUT2D eigenvalue weighted by molar-refractivity contribution is -0.136. The summed E-state index contributed by atoms with van der Waals surface area (Å²) in [5, 5.41) is 14.3. The molecule has 0 radical (unpaired) electrons. The van der Waals surface area contributed by atoms with Crippen molar-refractivity contribution in [2.75, 3.05) is 18.0 Å². The number of carbonyl (C=O) groups is 1. The average molecular weight is 377 g/mol. The SMILES string of the molecule is CCCCN(CCCC)c1cc(Cl)c(S(N)(=O)=O)cc1CC(=O)O. The molecule has 0 saturated carbocycles. The van der Waals surface area contributed by atoms with E-state index in [0.717, 1.165) is 38.8 Å². The van der Waals surface area contributed by atoms with Crippen LogP contribution in [0.1, 0.15) is 45.1 Å². The molecular weight excluding hydrogens is 352 g/mol. The molecule has 0 aliphatic rings. The van der Waals surface area contributed by atoms with E-state index in [4.69, 9.17) is 21.8 Å². The number of anilines is 1. The lowest BCUT2D eigenvalue weighted by Gasteiger charge is -2.27. The summed E-state index contributed by atoms with van der Waals surface area (Å²) >= 11 is 6.10. The van der Waals surface area contributed by atoms with Crippen LogP contribution in [0.25, 0.3) is 0 Å². The van der Waals surface area contributed by atoms with Crippen molar-refractivity contribution in [1.82, 2.24) is 0 Å². The number of carboxylic acid groups (broad SMARTS) is 1. The number of sulfonamides is 1. The maximum atomic E-state index is 11.6. The molecule has 0 saturated heterocycles. The van der Waals surface area contributed by atoms with Gasteiger partial charge < -0.3 is 10.0 Å². The topological polar surface area (TPSA) is 101 Å². The van der Waals surface area contributed by atoms with Crippen LogP contribution in [0.3, 0.4) is 0 Å². The van der Waals surface area contributed by atoms with Crippen LogP contribution >= 0.6 is 11.6 Å². The van der Waals surface area contributed by atoms with Crippen molar-refractivity contribution in [3.05, 3.63) is 22.7 Å². The van der Waals surface area contributed by atoms with Gasteiger partial charge in [-0.25, -0.2) is 13.6 Å². The molecule has 24 heavy (non-hydrogen) atoms. The fourth-order valence-electron chi connectivity index (χ4n) is 2.45. The minimum absolute atomic E-state index is 0.0136. The lowest BCUT2D eigenvalue weighted by atomic mass is 10.1. The standard InChI is InChI=1S/C16H25ClN2O4S/c1-3-5-7-19(8-6-4-2)14-11-13(17)15(24(18,22)23)9-12(14)10-16(20)21/h9,11H,3-8,10H2,1-2H3,(H,20,21)(H2,18,22,23). The van der Waals surface area contributed by atoms with Crippen LogP contribution in [0.2, 0.25) is 5.02 Å². The van der Waals surface area contributed by atoms with Crippen molar-refractivity contribution in [2.24, 2.45) is 5.14 Å². The zero-order chi connectivity index (χ0) is 18.3. The number of unbranched alkanes of at least 4 members (excludes halogenated alkanes) is 2. The van der Waals surface area contributed by atoms with Gasteiger partial charge in [0.1, 0.15) is 4.90 Å². The molecule has 0 aliphatic heterocycles. The van der Waals surface area contributed by atoms with E-state index in [1.54, 1.807) is 0 Å². The van der Waals surface area contributed by atoms with Crippen molar-refractivity contribution in [3.8, 4) is 0 Å². The fraction of sp³-hybridized carbons (Fsp3) is 0.562. The Labute approximate surface area is 148 Å². The number of rotatable bonds is 10. The van der Waals surface area contributed by atoms with Crippen LogP contribution in [0.15, 0.2) is 17.0 Å². The van der Waals surface area contributed by atoms with Gasteiger partial charge in [0, 0.05) is 18.8 Å². The second-order valence-corrected chi connectivity index (χ2v) is 7.66. The van der Waals surface area contributed by atoms with Gasteiger partial charge in [0.05, 0.1) is 11.4 Å². The van der Waals surface area contributed by atoms with Gasteiger partial charge in [-0.2, -0.15) is 0 Å². The molecule has 0 heterocycles. The number of hydrogen-bond acceptors (Lipinski definition) is 4. The van der Waals surface area contributed by atoms with E-state index in [0.29, 0.717) is 11.3 Å². The van der Waals surface area contributed by atoms with Crippen LogP contribution in [0, 0.1) is 0 Å². The van der Waals surface area contributed by atoms with Crippen LogP contribution in [-0.4, -0.2) is 32.6 Å². The van der Waals surface area contributed by atoms with Crippen molar-refractivity contribution in [2.45, 2.75) is 50.8 Å². The second-order valence-electron chi connectivity index (χ2n) is 5.72. The van der Waals surface area contributed by atoms with Crippen molar-refractivity contribution >= 4 is 33.3 Å². The monoisotopic (exact) mass is 376 g/mol. The van der Waals surface area contributed by atoms with Gasteiger partial charge in [0.15, 0.2) is 0 Å². The van der Waals surface area contributed by atoms with Gasteiger partial charge in [-0.3, -0.25) is 4.79 Å². The molecule has 3 N–H and O–H groups in total. The van der Waals surface area contributed by atoms with Gasteiger partial charge in [0.25, 0.3) is 0 Å². The number of nitrogens with zero attached hydrogens (tertiary/aromatic N) is 1. The smallest absolute Gasteiger partial charge is 0.307 e. The Hall–Kier alpha value is -1.31. The van der Waals surface area contributed by atoms with Crippen molar-refractivity contribution in [1.29, 1.82) is 0 Å². The van der Waals surface area contributed by atoms with Gasteiger partial charge in [-0.05, 0) is 30.5 Å². The molecule has 0 aliphatic carbocycles. The number of primary sulfonamides is 1. The lowest BCUT2D eigenvalue weighted by Crippen LogP contribution is -2.27. The Kier molecular flexibility index (Phi) is 7.99. The van der Waals surface area contributed by atoms with Crippen LogP contribution in [0.5, 0.6) is 0 Å². The number of nitrogens with two attached hydrogens (primary N) is 1. The Bertz CT molecular complexity index is 669. The second kappa shape index (κ2) is 9.25. The third kappa shape index (κ3) is 5.96. The highest BCUT2D eigenvalue weighted by molar-refractivity contribution is 7.89. The summed E-state index contributed by atoms with van der Waals surface area (Å²) in [5.74, 6) is -1.04. The Morgan fingerprint density at radius 1 is 1.21 bits per heavy atom. The van der Waals surface area contributed by atoms with Gasteiger partial charge in [-0.1, -0.05) is 38.3 Å². The quantitative estimate of drug-likeness (QED) is 0.653. The highest BCUT2D eigenvalue weighted by atomic mass is 35.5. The fourth-order valence-corrected chi connectivity index (χ4v) is 3.57. The minimum atomic E-state index is -4.01. The third-order valence-corrected chi connectivity index (χ3v) is 5.06. The van der Waals surface area contributed by atoms with E-state index in [2.05, 4.69) is 18.7 Å². The summed E-state index contributed by atoms with van der Waals surface area (Å²) in [6.07, 6.45) is 3.61. The average Bonchev–Trinajstić information content (AvgIpc) is 2.47. The first-order chi connectivity index (χ1) is 11.2. The Balaban J connectivity index is 3.40. The van der Waals surface area contributed by atoms with Gasteiger partial charge in [-0.15, -0.1) is 0 Å². The molecule has 0 atom stereocenters. The highest BCUT2D eigenvalue weighted by Gasteiger charge is 2.21. The zero-order valence-corrected chi connectivity index (χ0v) is 15.7. The third-order valence-electron chi connectivity index (χ3n) is 3.69. The summed E-state index contributed by atoms with van der Waals surface area (Å²) in [6, 6.07) is 2.80. The molecule has 1 rings (SSSR count). The van der Waals surface area contributed by atoms with E-state index >= 15 is 0 Å². The molecule has 1 aromatic carbocycles. The molecule has 0 spiro atoms. The minimum Gasteiger partial charge on any atom is -0.481 e. The summed E-state index contributed by atoms with van der Waals surface area (Å²) in [5.41, 5.74) is 1.07. The number of benzene rings is 1. The van der Waals surface area contributed by atoms with Crippen LogP contribution in [-0.2, 0) is 21.2 Å². The molecule has 136 valence electrons. The van der Waals surface area contributed by atoms with E-state index in [-0.39, 0.29) is 16.3 Å². The molecule has 0 amide bonds. The predicted octanol–water partition coefficient (Wildman–Crippen LogP) is 3.02. The molecule has 6 nitrogen and oxygen atoms in total. The number of halogens is 1. The summed E-state index contributed by atoms with van der Waals surface area (Å²) in [4.78, 5) is 13.0. The molecule has 0 bridgehead atoms. The first-order valence-corrected chi connectivity index (χ1v) is 9.95. The normalized spacial score (nSPS) is 11.5. The number of aliphatic carboxylic acids is 1. The van der Waals surface area contributed by atoms with Crippen molar-refractivity contribution < 1.29 is 18.3 Å². The van der Waals surface area contributed by atoms with Crippen molar-refractivity contribution in [3.63, 3.8) is 0 Å². The first-order valence-electron chi connectivity index (χ1n) is 8.02. The van der Waals surface area contributed by atoms with E-state index in [1.165, 1.54) is 12.1 Å². The predicted molar refractivity (Wildman–Crippen MR) is 96.2 cm³/mol. The van der Waals surface area contributed by atoms with Gasteiger partial charge in [0.2, 0.25) is 10.0 Å². The maximum absolute atomic E-state index is 11.6. The molecule has 0 fully saturated rings. The Morgan fingerprint density at radius 2 is 1.75 bits per heavy atom. The van der Waals surface area contributed by atoms with Gasteiger partial charge >= 0.3 is 5.97 Å². The van der Waals surface area contributed by atoms with Crippen LogP contribution in [0.4, 0.5) is 5.69 Å². The van der Waals surface area contributed by atoms with E-state index in [1.807, 2.05) is 0 Å². The molecule has 1 aromatic rings. The molecular formula is C16H25ClN2O4S. The van der Waals surface area contributed by atoms with Crippen LogP contribution < -0.4 is 10.0 Å². The number of hydrogen-bond donors (Lipinski definition) is 2. The summed E-state index contributed by atoms with van der Waals surface area (Å²) in [7, 11) is -4.01. The van der Waals surface area contributed by atoms with E-state index < -0.39 is 16.0 Å². The maximum Gasteiger partial charge on any atom is 0.307 e. The molecule has 0 unspecified atom stereocenters. The summed E-state index contributed by atoms with van der Waals surface area (Å²) in [6.45, 7) is 5.67. The molecule has 0 aromatic heterocycles. The first kappa shape index (κ1) is 20.7. The molecule has 8 heteroatoms. The van der Waals surface area contributed by atoms with E-state index in [9.17, 15) is 13.2 Å². The largest absolute Gasteiger partial charge is 0.481 e. The number of carboxylic acids is 1. The summed E-state index contributed by atoms with van der Waals surface area (Å²) < 4.78 is 23.3. The Morgan fingerprint density at radius 3 is 2.17 bits per heavy atom. The highest BCUT2D eigenvalue weighted by Crippen LogP contribution is 2.31.